The summed E-state index contributed by atoms with van der Waals surface area (Å²) in [6, 6.07) is 10.5. The Labute approximate surface area is 165 Å². The molecule has 0 spiro atoms. The summed E-state index contributed by atoms with van der Waals surface area (Å²) in [5, 5.41) is 0. The zero-order valence-electron chi connectivity index (χ0n) is 16.5. The second-order valence-corrected chi connectivity index (χ2v) is 8.05. The summed E-state index contributed by atoms with van der Waals surface area (Å²) in [5.41, 5.74) is 4.98. The first kappa shape index (κ1) is 19.6. The van der Waals surface area contributed by atoms with Crippen LogP contribution in [0.3, 0.4) is 0 Å². The number of carbonyl (C=O) groups excluding carboxylic acids is 1. The first-order valence-corrected chi connectivity index (χ1v) is 10.2. The van der Waals surface area contributed by atoms with Gasteiger partial charge in [0.25, 0.3) is 0 Å². The minimum Gasteiger partial charge on any atom is -0.493 e. The molecule has 1 heterocycles. The number of carbonyl (C=O) groups is 1. The van der Waals surface area contributed by atoms with E-state index >= 15 is 0 Å². The first-order chi connectivity index (χ1) is 13.0. The molecule has 2 aromatic rings. The Hall–Kier alpha value is -2.14. The number of hydrogen-bond acceptors (Lipinski definition) is 4. The van der Waals surface area contributed by atoms with Gasteiger partial charge < -0.3 is 14.4 Å². The van der Waals surface area contributed by atoms with Crippen LogP contribution in [0.4, 0.5) is 0 Å². The number of ether oxygens (including phenoxy) is 2. The lowest BCUT2D eigenvalue weighted by Gasteiger charge is -2.29. The molecule has 1 amide bonds. The lowest BCUT2D eigenvalue weighted by molar-refractivity contribution is -0.131. The van der Waals surface area contributed by atoms with Gasteiger partial charge in [-0.15, -0.1) is 11.8 Å². The average Bonchev–Trinajstić information content (AvgIpc) is 2.68. The molecule has 4 nitrogen and oxygen atoms in total. The lowest BCUT2D eigenvalue weighted by Crippen LogP contribution is -2.36. The number of amides is 1. The average molecular weight is 386 g/mol. The third kappa shape index (κ3) is 4.59. The Bertz CT molecular complexity index is 835. The Morgan fingerprint density at radius 3 is 2.41 bits per heavy atom. The van der Waals surface area contributed by atoms with Crippen LogP contribution in [-0.4, -0.2) is 37.3 Å². The van der Waals surface area contributed by atoms with Gasteiger partial charge in [0, 0.05) is 30.2 Å². The fourth-order valence-electron chi connectivity index (χ4n) is 3.31. The van der Waals surface area contributed by atoms with Crippen LogP contribution in [0.1, 0.15) is 28.7 Å². The number of hydrogen-bond donors (Lipinski definition) is 0. The van der Waals surface area contributed by atoms with E-state index in [1.165, 1.54) is 21.6 Å². The molecule has 0 unspecified atom stereocenters. The number of benzene rings is 2. The van der Waals surface area contributed by atoms with E-state index in [4.69, 9.17) is 9.47 Å². The molecule has 0 bridgehead atoms. The van der Waals surface area contributed by atoms with Gasteiger partial charge in [0.05, 0.1) is 14.2 Å². The van der Waals surface area contributed by atoms with Crippen molar-refractivity contribution < 1.29 is 14.3 Å². The van der Waals surface area contributed by atoms with Gasteiger partial charge in [0.15, 0.2) is 11.5 Å². The van der Waals surface area contributed by atoms with E-state index in [-0.39, 0.29) is 5.91 Å². The van der Waals surface area contributed by atoms with Crippen LogP contribution in [0, 0.1) is 13.8 Å². The van der Waals surface area contributed by atoms with Gasteiger partial charge >= 0.3 is 0 Å². The van der Waals surface area contributed by atoms with Crippen LogP contribution < -0.4 is 9.47 Å². The highest BCUT2D eigenvalue weighted by Crippen LogP contribution is 2.33. The van der Waals surface area contributed by atoms with Gasteiger partial charge in [0.1, 0.15) is 0 Å². The fraction of sp³-hybridized carbons (Fsp3) is 0.409. The van der Waals surface area contributed by atoms with Crippen LogP contribution >= 0.6 is 11.8 Å². The van der Waals surface area contributed by atoms with E-state index in [2.05, 4.69) is 32.0 Å². The minimum atomic E-state index is 0.215. The molecule has 0 aliphatic carbocycles. The zero-order chi connectivity index (χ0) is 19.4. The van der Waals surface area contributed by atoms with Crippen LogP contribution in [0.25, 0.3) is 0 Å². The molecule has 5 heteroatoms. The molecular weight excluding hydrogens is 358 g/mol. The van der Waals surface area contributed by atoms with Gasteiger partial charge in [-0.25, -0.2) is 0 Å². The highest BCUT2D eigenvalue weighted by Gasteiger charge is 2.22. The Balaban J connectivity index is 1.58. The van der Waals surface area contributed by atoms with E-state index in [1.807, 2.05) is 17.0 Å². The summed E-state index contributed by atoms with van der Waals surface area (Å²) in [7, 11) is 3.29. The molecule has 0 atom stereocenters. The lowest BCUT2D eigenvalue weighted by atomic mass is 9.98. The summed E-state index contributed by atoms with van der Waals surface area (Å²) in [6.07, 6.45) is 1.41. The molecule has 2 aromatic carbocycles. The molecule has 0 saturated heterocycles. The van der Waals surface area contributed by atoms with Gasteiger partial charge in [0.2, 0.25) is 5.91 Å². The Morgan fingerprint density at radius 2 is 1.74 bits per heavy atom. The number of fused-ring (bicyclic) bond motifs is 1. The largest absolute Gasteiger partial charge is 0.493 e. The maximum Gasteiger partial charge on any atom is 0.223 e. The smallest absolute Gasteiger partial charge is 0.223 e. The maximum absolute atomic E-state index is 12.7. The SMILES string of the molecule is COc1cc2c(cc1OC)CN(C(=O)CCSc1ccc(C)c(C)c1)CC2. The number of thioether (sulfide) groups is 1. The van der Waals surface area contributed by atoms with Crippen molar-refractivity contribution in [3.63, 3.8) is 0 Å². The zero-order valence-corrected chi connectivity index (χ0v) is 17.3. The quantitative estimate of drug-likeness (QED) is 0.692. The predicted molar refractivity (Wildman–Crippen MR) is 110 cm³/mol. The molecule has 1 aliphatic rings. The molecular formula is C22H27NO3S. The van der Waals surface area contributed by atoms with Crippen molar-refractivity contribution >= 4 is 17.7 Å². The van der Waals surface area contributed by atoms with Crippen molar-refractivity contribution in [3.8, 4) is 11.5 Å². The van der Waals surface area contributed by atoms with E-state index in [1.54, 1.807) is 26.0 Å². The Morgan fingerprint density at radius 1 is 1.04 bits per heavy atom. The van der Waals surface area contributed by atoms with Crippen molar-refractivity contribution in [3.05, 3.63) is 52.6 Å². The monoisotopic (exact) mass is 385 g/mol. The van der Waals surface area contributed by atoms with Gasteiger partial charge in [-0.05, 0) is 66.8 Å². The summed E-state index contributed by atoms with van der Waals surface area (Å²) in [5.74, 6) is 2.49. The van der Waals surface area contributed by atoms with Crippen molar-refractivity contribution in [2.45, 2.75) is 38.1 Å². The topological polar surface area (TPSA) is 38.8 Å². The van der Waals surface area contributed by atoms with Crippen LogP contribution in [0.2, 0.25) is 0 Å². The van der Waals surface area contributed by atoms with Crippen LogP contribution in [-0.2, 0) is 17.8 Å². The standard InChI is InChI=1S/C22H27NO3S/c1-15-5-6-19(11-16(15)2)27-10-8-22(24)23-9-7-17-12-20(25-3)21(26-4)13-18(17)14-23/h5-6,11-13H,7-10,14H2,1-4H3. The number of nitrogens with zero attached hydrogens (tertiary/aromatic N) is 1. The summed E-state index contributed by atoms with van der Waals surface area (Å²) in [4.78, 5) is 15.8. The molecule has 1 aliphatic heterocycles. The van der Waals surface area contributed by atoms with E-state index in [0.29, 0.717) is 13.0 Å². The molecule has 3 rings (SSSR count). The molecule has 144 valence electrons. The normalized spacial score (nSPS) is 13.3. The molecule has 0 radical (unpaired) electrons. The summed E-state index contributed by atoms with van der Waals surface area (Å²) >= 11 is 1.75. The van der Waals surface area contributed by atoms with Crippen molar-refractivity contribution in [2.24, 2.45) is 0 Å². The van der Waals surface area contributed by atoms with Crippen LogP contribution in [0.5, 0.6) is 11.5 Å². The molecule has 0 fully saturated rings. The van der Waals surface area contributed by atoms with Gasteiger partial charge in [-0.1, -0.05) is 6.07 Å². The Kier molecular flexibility index (Phi) is 6.32. The fourth-order valence-corrected chi connectivity index (χ4v) is 4.25. The van der Waals surface area contributed by atoms with Crippen molar-refractivity contribution in [1.82, 2.24) is 4.90 Å². The molecule has 0 N–H and O–H groups in total. The first-order valence-electron chi connectivity index (χ1n) is 9.23. The summed E-state index contributed by atoms with van der Waals surface area (Å²) in [6.45, 7) is 5.64. The second kappa shape index (κ2) is 8.70. The van der Waals surface area contributed by atoms with Crippen molar-refractivity contribution in [2.75, 3.05) is 26.5 Å². The van der Waals surface area contributed by atoms with Gasteiger partial charge in [-0.2, -0.15) is 0 Å². The molecule has 0 aromatic heterocycles. The van der Waals surface area contributed by atoms with E-state index in [9.17, 15) is 4.79 Å². The molecule has 0 saturated carbocycles. The number of rotatable bonds is 6. The second-order valence-electron chi connectivity index (χ2n) is 6.89. The maximum atomic E-state index is 12.7. The minimum absolute atomic E-state index is 0.215. The highest BCUT2D eigenvalue weighted by molar-refractivity contribution is 7.99. The van der Waals surface area contributed by atoms with E-state index in [0.717, 1.165) is 35.8 Å². The van der Waals surface area contributed by atoms with Gasteiger partial charge in [-0.3, -0.25) is 4.79 Å². The molecule has 27 heavy (non-hydrogen) atoms. The number of methoxy groups -OCH3 is 2. The third-order valence-electron chi connectivity index (χ3n) is 5.13. The highest BCUT2D eigenvalue weighted by atomic mass is 32.2. The summed E-state index contributed by atoms with van der Waals surface area (Å²) < 4.78 is 10.8. The van der Waals surface area contributed by atoms with Crippen LogP contribution in [0.15, 0.2) is 35.2 Å². The third-order valence-corrected chi connectivity index (χ3v) is 6.13. The predicted octanol–water partition coefficient (Wildman–Crippen LogP) is 4.39. The number of aryl methyl sites for hydroxylation is 2. The van der Waals surface area contributed by atoms with E-state index < -0.39 is 0 Å². The van der Waals surface area contributed by atoms with Crippen molar-refractivity contribution in [1.29, 1.82) is 0 Å².